The van der Waals surface area contributed by atoms with Crippen LogP contribution in [0.5, 0.6) is 0 Å². The molecule has 2 aliphatic rings. The lowest BCUT2D eigenvalue weighted by Crippen LogP contribution is -2.39. The van der Waals surface area contributed by atoms with Crippen molar-refractivity contribution < 1.29 is 13.5 Å². The molecule has 2 aliphatic heterocycles. The van der Waals surface area contributed by atoms with Gasteiger partial charge < -0.3 is 5.11 Å². The molecule has 166 valence electrons. The van der Waals surface area contributed by atoms with E-state index in [0.29, 0.717) is 18.8 Å². The van der Waals surface area contributed by atoms with Crippen LogP contribution in [0.3, 0.4) is 0 Å². The van der Waals surface area contributed by atoms with E-state index >= 15 is 0 Å². The Balaban J connectivity index is 1.49. The van der Waals surface area contributed by atoms with E-state index in [1.807, 2.05) is 54.4 Å². The molecule has 0 bridgehead atoms. The third kappa shape index (κ3) is 3.69. The Labute approximate surface area is 188 Å². The van der Waals surface area contributed by atoms with Gasteiger partial charge in [-0.3, -0.25) is 0 Å². The van der Waals surface area contributed by atoms with Gasteiger partial charge in [-0.1, -0.05) is 54.1 Å². The van der Waals surface area contributed by atoms with Gasteiger partial charge in [0.2, 0.25) is 0 Å². The molecular formula is C24H26N4O3S. The second kappa shape index (κ2) is 8.29. The molecule has 2 N–H and O–H groups in total. The Kier molecular flexibility index (Phi) is 5.46. The summed E-state index contributed by atoms with van der Waals surface area (Å²) in [5.41, 5.74) is 6.29. The second-order valence-electron chi connectivity index (χ2n) is 8.39. The Morgan fingerprint density at radius 3 is 2.56 bits per heavy atom. The largest absolute Gasteiger partial charge is 0.377 e. The Hall–Kier alpha value is -2.78. The number of hydrogen-bond donors (Lipinski definition) is 2. The summed E-state index contributed by atoms with van der Waals surface area (Å²) >= 11 is 0. The number of sulfonamides is 1. The standard InChI is InChI=1S/C24H26N4O3S/c1-17-9-11-19(12-10-17)32(30,31)28-15-13-21-22(20-8-5-14-25-23(20)28)26-27(24(21)29)16-18-6-3-2-4-7-18/h2-12,14,21-22,24,26,29H,13,15-16H2,1H3. The maximum absolute atomic E-state index is 13.5. The molecule has 0 radical (unpaired) electrons. The fraction of sp³-hybridized carbons (Fsp3) is 0.292. The molecule has 32 heavy (non-hydrogen) atoms. The highest BCUT2D eigenvalue weighted by Crippen LogP contribution is 2.42. The maximum Gasteiger partial charge on any atom is 0.265 e. The highest BCUT2D eigenvalue weighted by Gasteiger charge is 2.46. The van der Waals surface area contributed by atoms with Crippen LogP contribution in [-0.2, 0) is 16.6 Å². The van der Waals surface area contributed by atoms with E-state index in [9.17, 15) is 13.5 Å². The average molecular weight is 451 g/mol. The minimum Gasteiger partial charge on any atom is -0.377 e. The minimum atomic E-state index is -3.78. The first-order chi connectivity index (χ1) is 15.4. The van der Waals surface area contributed by atoms with Gasteiger partial charge in [0.05, 0.1) is 10.9 Å². The molecule has 8 heteroatoms. The van der Waals surface area contributed by atoms with E-state index in [2.05, 4.69) is 10.4 Å². The van der Waals surface area contributed by atoms with E-state index in [1.165, 1.54) is 4.31 Å². The molecule has 3 aromatic rings. The van der Waals surface area contributed by atoms with Crippen LogP contribution in [0.25, 0.3) is 0 Å². The normalized spacial score (nSPS) is 23.4. The van der Waals surface area contributed by atoms with Crippen molar-refractivity contribution in [3.63, 3.8) is 0 Å². The van der Waals surface area contributed by atoms with E-state index in [0.717, 1.165) is 16.7 Å². The zero-order valence-electron chi connectivity index (χ0n) is 17.8. The number of benzene rings is 2. The van der Waals surface area contributed by atoms with Gasteiger partial charge in [0.15, 0.2) is 0 Å². The lowest BCUT2D eigenvalue weighted by Gasteiger charge is -2.26. The van der Waals surface area contributed by atoms with Crippen molar-refractivity contribution in [2.45, 2.75) is 37.1 Å². The first-order valence-electron chi connectivity index (χ1n) is 10.7. The summed E-state index contributed by atoms with van der Waals surface area (Å²) in [4.78, 5) is 4.71. The van der Waals surface area contributed by atoms with Crippen molar-refractivity contribution in [1.29, 1.82) is 0 Å². The first-order valence-corrected chi connectivity index (χ1v) is 12.2. The molecule has 3 atom stereocenters. The third-order valence-electron chi connectivity index (χ3n) is 6.29. The molecule has 1 aromatic heterocycles. The van der Waals surface area contributed by atoms with Gasteiger partial charge in [-0.05, 0) is 37.1 Å². The number of aryl methyl sites for hydroxylation is 1. The molecule has 0 amide bonds. The molecule has 5 rings (SSSR count). The maximum atomic E-state index is 13.5. The monoisotopic (exact) mass is 450 g/mol. The summed E-state index contributed by atoms with van der Waals surface area (Å²) < 4.78 is 28.4. The predicted octanol–water partition coefficient (Wildman–Crippen LogP) is 2.99. The highest BCUT2D eigenvalue weighted by molar-refractivity contribution is 7.92. The summed E-state index contributed by atoms with van der Waals surface area (Å²) in [6.07, 6.45) is 1.38. The van der Waals surface area contributed by atoms with Gasteiger partial charge in [-0.2, -0.15) is 0 Å². The topological polar surface area (TPSA) is 85.8 Å². The van der Waals surface area contributed by atoms with E-state index in [4.69, 9.17) is 0 Å². The fourth-order valence-corrected chi connectivity index (χ4v) is 6.05. The van der Waals surface area contributed by atoms with Gasteiger partial charge in [0.25, 0.3) is 10.0 Å². The smallest absolute Gasteiger partial charge is 0.265 e. The number of pyridine rings is 1. The first kappa shape index (κ1) is 21.1. The van der Waals surface area contributed by atoms with Gasteiger partial charge in [-0.15, -0.1) is 0 Å². The van der Waals surface area contributed by atoms with Crippen molar-refractivity contribution in [3.8, 4) is 0 Å². The van der Waals surface area contributed by atoms with Crippen LogP contribution < -0.4 is 9.73 Å². The molecular weight excluding hydrogens is 424 g/mol. The van der Waals surface area contributed by atoms with Crippen molar-refractivity contribution in [1.82, 2.24) is 15.4 Å². The van der Waals surface area contributed by atoms with Crippen LogP contribution in [0.15, 0.2) is 77.8 Å². The number of nitrogens with zero attached hydrogens (tertiary/aromatic N) is 3. The number of nitrogens with one attached hydrogen (secondary N) is 1. The molecule has 3 heterocycles. The van der Waals surface area contributed by atoms with E-state index in [1.54, 1.807) is 30.5 Å². The summed E-state index contributed by atoms with van der Waals surface area (Å²) in [5.74, 6) is 0.252. The molecule has 1 saturated heterocycles. The van der Waals surface area contributed by atoms with Crippen LogP contribution in [0, 0.1) is 12.8 Å². The molecule has 3 unspecified atom stereocenters. The quantitative estimate of drug-likeness (QED) is 0.636. The number of hydrogen-bond acceptors (Lipinski definition) is 6. The number of aliphatic hydroxyl groups is 1. The van der Waals surface area contributed by atoms with Crippen molar-refractivity contribution >= 4 is 15.8 Å². The Morgan fingerprint density at radius 2 is 1.81 bits per heavy atom. The van der Waals surface area contributed by atoms with E-state index in [-0.39, 0.29) is 23.4 Å². The van der Waals surface area contributed by atoms with Crippen LogP contribution in [-0.4, -0.2) is 36.3 Å². The van der Waals surface area contributed by atoms with Gasteiger partial charge in [0.1, 0.15) is 12.0 Å². The number of aliphatic hydroxyl groups excluding tert-OH is 1. The number of hydrazine groups is 1. The average Bonchev–Trinajstić information content (AvgIpc) is 3.00. The van der Waals surface area contributed by atoms with Crippen molar-refractivity contribution in [2.24, 2.45) is 5.92 Å². The van der Waals surface area contributed by atoms with Crippen molar-refractivity contribution in [3.05, 3.63) is 89.6 Å². The number of rotatable bonds is 4. The molecule has 0 spiro atoms. The number of fused-ring (bicyclic) bond motifs is 3. The number of anilines is 1. The van der Waals surface area contributed by atoms with Crippen LogP contribution in [0.2, 0.25) is 0 Å². The second-order valence-corrected chi connectivity index (χ2v) is 10.3. The Morgan fingerprint density at radius 1 is 1.06 bits per heavy atom. The summed E-state index contributed by atoms with van der Waals surface area (Å²) in [6, 6.07) is 20.3. The summed E-state index contributed by atoms with van der Waals surface area (Å²) in [7, 11) is -3.78. The van der Waals surface area contributed by atoms with Gasteiger partial charge >= 0.3 is 0 Å². The zero-order valence-corrected chi connectivity index (χ0v) is 18.6. The van der Waals surface area contributed by atoms with Gasteiger partial charge in [-0.25, -0.2) is 28.1 Å². The molecule has 1 fully saturated rings. The van der Waals surface area contributed by atoms with Crippen LogP contribution in [0.1, 0.15) is 29.2 Å². The fourth-order valence-electron chi connectivity index (χ4n) is 4.59. The zero-order chi connectivity index (χ0) is 22.3. The lowest BCUT2D eigenvalue weighted by molar-refractivity contribution is -0.0186. The highest BCUT2D eigenvalue weighted by atomic mass is 32.2. The molecule has 0 saturated carbocycles. The van der Waals surface area contributed by atoms with Crippen LogP contribution in [0.4, 0.5) is 5.82 Å². The molecule has 2 aromatic carbocycles. The summed E-state index contributed by atoms with van der Waals surface area (Å²) in [5, 5.41) is 12.9. The molecule has 0 aliphatic carbocycles. The summed E-state index contributed by atoms with van der Waals surface area (Å²) in [6.45, 7) is 2.73. The molecule has 7 nitrogen and oxygen atoms in total. The minimum absolute atomic E-state index is 0.167. The predicted molar refractivity (Wildman–Crippen MR) is 122 cm³/mol. The lowest BCUT2D eigenvalue weighted by atomic mass is 9.92. The Bertz CT molecular complexity index is 1200. The van der Waals surface area contributed by atoms with Gasteiger partial charge in [0, 0.05) is 30.8 Å². The SMILES string of the molecule is Cc1ccc(S(=O)(=O)N2CCC3C(NN(Cc4ccccc4)C3O)c3cccnc32)cc1. The van der Waals surface area contributed by atoms with Crippen molar-refractivity contribution in [2.75, 3.05) is 10.8 Å². The van der Waals surface area contributed by atoms with E-state index < -0.39 is 16.3 Å². The van der Waals surface area contributed by atoms with Crippen LogP contribution >= 0.6 is 0 Å². The number of aromatic nitrogens is 1. The third-order valence-corrected chi connectivity index (χ3v) is 8.10.